The van der Waals surface area contributed by atoms with Gasteiger partial charge in [-0.3, -0.25) is 0 Å². The van der Waals surface area contributed by atoms with Crippen molar-refractivity contribution in [2.45, 2.75) is 6.92 Å². The van der Waals surface area contributed by atoms with Crippen LogP contribution in [0.4, 0.5) is 5.69 Å². The van der Waals surface area contributed by atoms with E-state index in [1.54, 1.807) is 0 Å². The number of anilines is 1. The zero-order chi connectivity index (χ0) is 10.4. The summed E-state index contributed by atoms with van der Waals surface area (Å²) in [5.41, 5.74) is 1.16. The maximum Gasteiger partial charge on any atom is 0.0485 e. The highest BCUT2D eigenvalue weighted by atomic mass is 79.9. The summed E-state index contributed by atoms with van der Waals surface area (Å²) < 4.78 is 2.20. The van der Waals surface area contributed by atoms with Crippen molar-refractivity contribution in [1.82, 2.24) is 0 Å². The molecule has 1 rings (SSSR count). The molecule has 14 heavy (non-hydrogen) atoms. The first-order valence-corrected chi connectivity index (χ1v) is 7.24. The molecule has 0 aromatic heterocycles. The molecule has 0 spiro atoms. The number of nitrogens with one attached hydrogen (secondary N) is 1. The van der Waals surface area contributed by atoms with E-state index in [1.807, 2.05) is 17.8 Å². The average molecular weight is 339 g/mol. The molecule has 78 valence electrons. The van der Waals surface area contributed by atoms with Gasteiger partial charge in [-0.25, -0.2) is 0 Å². The van der Waals surface area contributed by atoms with Gasteiger partial charge in [0.05, 0.1) is 0 Å². The van der Waals surface area contributed by atoms with Crippen molar-refractivity contribution < 1.29 is 0 Å². The molecule has 0 unspecified atom stereocenters. The number of halogens is 2. The lowest BCUT2D eigenvalue weighted by Gasteiger charge is -2.08. The summed E-state index contributed by atoms with van der Waals surface area (Å²) in [6.07, 6.45) is 0. The first kappa shape index (κ1) is 12.4. The standard InChI is InChI=1S/C10H13Br2NS/c1-2-14-6-5-13-10-4-3-8(11)7-9(10)12/h3-4,7,13H,2,5-6H2,1H3. The van der Waals surface area contributed by atoms with Gasteiger partial charge >= 0.3 is 0 Å². The predicted octanol–water partition coefficient (Wildman–Crippen LogP) is 4.38. The number of benzene rings is 1. The van der Waals surface area contributed by atoms with E-state index in [9.17, 15) is 0 Å². The van der Waals surface area contributed by atoms with Crippen molar-refractivity contribution in [1.29, 1.82) is 0 Å². The molecule has 0 saturated heterocycles. The molecule has 0 saturated carbocycles. The van der Waals surface area contributed by atoms with Crippen molar-refractivity contribution in [3.05, 3.63) is 27.1 Å². The second kappa shape index (κ2) is 6.75. The Hall–Kier alpha value is 0.330. The SMILES string of the molecule is CCSCCNc1ccc(Br)cc1Br. The molecule has 0 atom stereocenters. The van der Waals surface area contributed by atoms with Gasteiger partial charge in [-0.1, -0.05) is 22.9 Å². The highest BCUT2D eigenvalue weighted by Gasteiger charge is 1.98. The van der Waals surface area contributed by atoms with Crippen LogP contribution in [0.5, 0.6) is 0 Å². The number of rotatable bonds is 5. The van der Waals surface area contributed by atoms with Crippen molar-refractivity contribution >= 4 is 49.3 Å². The first-order valence-electron chi connectivity index (χ1n) is 4.50. The molecule has 0 fully saturated rings. The summed E-state index contributed by atoms with van der Waals surface area (Å²) >= 11 is 8.89. The topological polar surface area (TPSA) is 12.0 Å². The van der Waals surface area contributed by atoms with Crippen LogP contribution in [0.2, 0.25) is 0 Å². The lowest BCUT2D eigenvalue weighted by atomic mass is 10.3. The molecule has 0 aliphatic carbocycles. The van der Waals surface area contributed by atoms with Crippen LogP contribution >= 0.6 is 43.6 Å². The van der Waals surface area contributed by atoms with Crippen molar-refractivity contribution in [2.75, 3.05) is 23.4 Å². The molecule has 1 aromatic carbocycles. The van der Waals surface area contributed by atoms with Crippen molar-refractivity contribution in [3.8, 4) is 0 Å². The Labute approximate surface area is 106 Å². The fourth-order valence-corrected chi connectivity index (χ4v) is 2.76. The van der Waals surface area contributed by atoms with Crippen LogP contribution in [0.25, 0.3) is 0 Å². The van der Waals surface area contributed by atoms with Crippen molar-refractivity contribution in [2.24, 2.45) is 0 Å². The van der Waals surface area contributed by atoms with Crippen LogP contribution in [0, 0.1) is 0 Å². The Balaban J connectivity index is 2.42. The Morgan fingerprint density at radius 1 is 1.36 bits per heavy atom. The Bertz CT molecular complexity index is 291. The van der Waals surface area contributed by atoms with E-state index in [-0.39, 0.29) is 0 Å². The summed E-state index contributed by atoms with van der Waals surface area (Å²) in [5.74, 6) is 2.34. The number of thioether (sulfide) groups is 1. The second-order valence-corrected chi connectivity index (χ2v) is 5.91. The maximum atomic E-state index is 3.52. The van der Waals surface area contributed by atoms with Crippen LogP contribution in [0.15, 0.2) is 27.1 Å². The molecule has 0 bridgehead atoms. The van der Waals surface area contributed by atoms with Gasteiger partial charge in [-0.2, -0.15) is 11.8 Å². The molecular formula is C10H13Br2NS. The van der Waals surface area contributed by atoms with E-state index in [1.165, 1.54) is 5.75 Å². The van der Waals surface area contributed by atoms with Gasteiger partial charge < -0.3 is 5.32 Å². The van der Waals surface area contributed by atoms with Crippen LogP contribution in [-0.4, -0.2) is 18.1 Å². The Morgan fingerprint density at radius 2 is 2.14 bits per heavy atom. The minimum Gasteiger partial charge on any atom is -0.383 e. The zero-order valence-corrected chi connectivity index (χ0v) is 12.0. The highest BCUT2D eigenvalue weighted by Crippen LogP contribution is 2.25. The van der Waals surface area contributed by atoms with Crippen molar-refractivity contribution in [3.63, 3.8) is 0 Å². The second-order valence-electron chi connectivity index (χ2n) is 2.75. The number of hydrogen-bond donors (Lipinski definition) is 1. The highest BCUT2D eigenvalue weighted by molar-refractivity contribution is 9.11. The summed E-state index contributed by atoms with van der Waals surface area (Å²) in [5, 5.41) is 3.39. The van der Waals surface area contributed by atoms with E-state index < -0.39 is 0 Å². The van der Waals surface area contributed by atoms with Crippen LogP contribution < -0.4 is 5.32 Å². The molecular weight excluding hydrogens is 326 g/mol. The van der Waals surface area contributed by atoms with Gasteiger partial charge in [-0.15, -0.1) is 0 Å². The quantitative estimate of drug-likeness (QED) is 0.800. The van der Waals surface area contributed by atoms with E-state index in [4.69, 9.17) is 0 Å². The summed E-state index contributed by atoms with van der Waals surface area (Å²) in [6, 6.07) is 6.17. The molecule has 1 nitrogen and oxygen atoms in total. The van der Waals surface area contributed by atoms with Crippen LogP contribution in [-0.2, 0) is 0 Å². The smallest absolute Gasteiger partial charge is 0.0485 e. The lowest BCUT2D eigenvalue weighted by Crippen LogP contribution is -2.04. The lowest BCUT2D eigenvalue weighted by molar-refractivity contribution is 1.22. The third-order valence-corrected chi connectivity index (χ3v) is 3.75. The molecule has 0 amide bonds. The van der Waals surface area contributed by atoms with Gasteiger partial charge in [0, 0.05) is 26.9 Å². The Kier molecular flexibility index (Phi) is 5.98. The number of hydrogen-bond acceptors (Lipinski definition) is 2. The molecule has 0 radical (unpaired) electrons. The normalized spacial score (nSPS) is 10.2. The first-order chi connectivity index (χ1) is 6.74. The molecule has 1 aromatic rings. The van der Waals surface area contributed by atoms with Gasteiger partial charge in [0.25, 0.3) is 0 Å². The molecule has 4 heteroatoms. The minimum absolute atomic E-state index is 1.01. The minimum atomic E-state index is 1.01. The average Bonchev–Trinajstić information content (AvgIpc) is 2.15. The summed E-state index contributed by atoms with van der Waals surface area (Å²) in [4.78, 5) is 0. The third-order valence-electron chi connectivity index (χ3n) is 1.70. The molecule has 1 N–H and O–H groups in total. The molecule has 0 aliphatic rings. The van der Waals surface area contributed by atoms with E-state index >= 15 is 0 Å². The summed E-state index contributed by atoms with van der Waals surface area (Å²) in [7, 11) is 0. The predicted molar refractivity (Wildman–Crippen MR) is 73.3 cm³/mol. The van der Waals surface area contributed by atoms with E-state index in [2.05, 4.69) is 56.2 Å². The van der Waals surface area contributed by atoms with Gasteiger partial charge in [-0.05, 0) is 39.9 Å². The summed E-state index contributed by atoms with van der Waals surface area (Å²) in [6.45, 7) is 3.19. The van der Waals surface area contributed by atoms with Crippen LogP contribution in [0.1, 0.15) is 6.92 Å². The van der Waals surface area contributed by atoms with Gasteiger partial charge in [0.15, 0.2) is 0 Å². The fraction of sp³-hybridized carbons (Fsp3) is 0.400. The Morgan fingerprint density at radius 3 is 2.79 bits per heavy atom. The van der Waals surface area contributed by atoms with Crippen LogP contribution in [0.3, 0.4) is 0 Å². The molecule has 0 heterocycles. The monoisotopic (exact) mass is 337 g/mol. The maximum absolute atomic E-state index is 3.52. The fourth-order valence-electron chi connectivity index (χ4n) is 1.04. The zero-order valence-electron chi connectivity index (χ0n) is 8.02. The third kappa shape index (κ3) is 4.24. The van der Waals surface area contributed by atoms with E-state index in [0.717, 1.165) is 26.9 Å². The van der Waals surface area contributed by atoms with Gasteiger partial charge in [0.2, 0.25) is 0 Å². The van der Waals surface area contributed by atoms with E-state index in [0.29, 0.717) is 0 Å². The largest absolute Gasteiger partial charge is 0.383 e. The van der Waals surface area contributed by atoms with Gasteiger partial charge in [0.1, 0.15) is 0 Å². The molecule has 0 aliphatic heterocycles.